The van der Waals surface area contributed by atoms with Gasteiger partial charge < -0.3 is 9.80 Å². The molecule has 1 atom stereocenters. The van der Waals surface area contributed by atoms with Crippen molar-refractivity contribution in [2.45, 2.75) is 38.5 Å². The van der Waals surface area contributed by atoms with Crippen molar-refractivity contribution in [2.75, 3.05) is 26.2 Å². The van der Waals surface area contributed by atoms with Crippen molar-refractivity contribution < 1.29 is 14.0 Å². The second-order valence-electron chi connectivity index (χ2n) is 7.76. The maximum atomic E-state index is 13.3. The summed E-state index contributed by atoms with van der Waals surface area (Å²) in [7, 11) is 0. The summed E-state index contributed by atoms with van der Waals surface area (Å²) in [5.74, 6) is 0.313. The Morgan fingerprint density at radius 3 is 2.76 bits per heavy atom. The summed E-state index contributed by atoms with van der Waals surface area (Å²) in [4.78, 5) is 33.1. The first kappa shape index (κ1) is 16.5. The van der Waals surface area contributed by atoms with Gasteiger partial charge in [0, 0.05) is 32.4 Å². The first-order valence-electron chi connectivity index (χ1n) is 9.27. The number of nitrogens with zero attached hydrogens (tertiary/aromatic N) is 3. The van der Waals surface area contributed by atoms with Crippen LogP contribution in [0.15, 0.2) is 18.5 Å². The molecule has 4 rings (SSSR count). The van der Waals surface area contributed by atoms with E-state index in [0.29, 0.717) is 31.3 Å². The van der Waals surface area contributed by atoms with Crippen LogP contribution in [0.25, 0.3) is 0 Å². The van der Waals surface area contributed by atoms with Crippen molar-refractivity contribution in [3.8, 4) is 0 Å². The number of hydrogen-bond donors (Lipinski definition) is 0. The number of carbonyl (C=O) groups excluding carboxylic acids is 2. The zero-order valence-electron chi connectivity index (χ0n) is 14.4. The van der Waals surface area contributed by atoms with Gasteiger partial charge in [0.15, 0.2) is 0 Å². The Bertz CT molecular complexity index is 691. The van der Waals surface area contributed by atoms with Gasteiger partial charge in [-0.2, -0.15) is 0 Å². The van der Waals surface area contributed by atoms with Crippen molar-refractivity contribution in [3.05, 3.63) is 29.8 Å². The zero-order valence-corrected chi connectivity index (χ0v) is 14.4. The molecule has 1 aromatic heterocycles. The van der Waals surface area contributed by atoms with Crippen molar-refractivity contribution in [1.29, 1.82) is 0 Å². The number of halogens is 1. The Balaban J connectivity index is 1.43. The highest BCUT2D eigenvalue weighted by Gasteiger charge is 2.48. The van der Waals surface area contributed by atoms with Crippen LogP contribution in [0, 0.1) is 17.2 Å². The first-order valence-corrected chi connectivity index (χ1v) is 9.27. The van der Waals surface area contributed by atoms with E-state index < -0.39 is 5.82 Å². The smallest absolute Gasteiger partial charge is 0.255 e. The highest BCUT2D eigenvalue weighted by Crippen LogP contribution is 2.43. The number of pyridine rings is 1. The standard InChI is InChI=1S/C19H24FN3O2/c20-16-10-15(11-21-12-16)17(24)22-7-1-4-19(5-8-22)6-9-23(18(19)25)13-14-2-3-14/h10-12,14H,1-9,13H2. The normalized spacial score (nSPS) is 27.0. The van der Waals surface area contributed by atoms with Crippen LogP contribution in [-0.4, -0.2) is 52.8 Å². The minimum absolute atomic E-state index is 0.190. The molecular weight excluding hydrogens is 321 g/mol. The van der Waals surface area contributed by atoms with E-state index in [2.05, 4.69) is 4.98 Å². The number of amides is 2. The van der Waals surface area contributed by atoms with E-state index >= 15 is 0 Å². The molecule has 3 heterocycles. The molecule has 6 heteroatoms. The third-order valence-corrected chi connectivity index (χ3v) is 5.96. The number of hydrogen-bond acceptors (Lipinski definition) is 3. The van der Waals surface area contributed by atoms with Crippen molar-refractivity contribution in [1.82, 2.24) is 14.8 Å². The Morgan fingerprint density at radius 2 is 2.00 bits per heavy atom. The van der Waals surface area contributed by atoms with Crippen LogP contribution in [0.2, 0.25) is 0 Å². The van der Waals surface area contributed by atoms with Gasteiger partial charge in [0.25, 0.3) is 5.91 Å². The molecular formula is C19H24FN3O2. The number of carbonyl (C=O) groups is 2. The molecule has 1 saturated carbocycles. The van der Waals surface area contributed by atoms with Crippen molar-refractivity contribution >= 4 is 11.8 Å². The Morgan fingerprint density at radius 1 is 1.20 bits per heavy atom. The number of likely N-dealkylation sites (tertiary alicyclic amines) is 2. The summed E-state index contributed by atoms with van der Waals surface area (Å²) in [5, 5.41) is 0. The lowest BCUT2D eigenvalue weighted by molar-refractivity contribution is -0.136. The second kappa shape index (κ2) is 6.39. The lowest BCUT2D eigenvalue weighted by atomic mass is 9.79. The van der Waals surface area contributed by atoms with E-state index in [1.807, 2.05) is 4.90 Å². The predicted molar refractivity (Wildman–Crippen MR) is 90.3 cm³/mol. The summed E-state index contributed by atoms with van der Waals surface area (Å²) in [6.45, 7) is 2.95. The quantitative estimate of drug-likeness (QED) is 0.846. The molecule has 1 aromatic rings. The Hall–Kier alpha value is -1.98. The molecule has 1 aliphatic carbocycles. The summed E-state index contributed by atoms with van der Waals surface area (Å²) < 4.78 is 13.3. The minimum Gasteiger partial charge on any atom is -0.342 e. The summed E-state index contributed by atoms with van der Waals surface area (Å²) >= 11 is 0. The van der Waals surface area contributed by atoms with Crippen LogP contribution >= 0.6 is 0 Å². The number of rotatable bonds is 3. The second-order valence-corrected chi connectivity index (χ2v) is 7.76. The summed E-state index contributed by atoms with van der Waals surface area (Å²) in [5.41, 5.74) is -0.00606. The third-order valence-electron chi connectivity index (χ3n) is 5.96. The van der Waals surface area contributed by atoms with Crippen LogP contribution in [0.3, 0.4) is 0 Å². The molecule has 0 radical (unpaired) electrons. The zero-order chi connectivity index (χ0) is 17.4. The van der Waals surface area contributed by atoms with Crippen LogP contribution in [0.4, 0.5) is 4.39 Å². The molecule has 1 spiro atoms. The fourth-order valence-corrected chi connectivity index (χ4v) is 4.25. The van der Waals surface area contributed by atoms with Crippen molar-refractivity contribution in [3.63, 3.8) is 0 Å². The molecule has 3 fully saturated rings. The van der Waals surface area contributed by atoms with E-state index in [4.69, 9.17) is 0 Å². The third kappa shape index (κ3) is 3.26. The molecule has 5 nitrogen and oxygen atoms in total. The van der Waals surface area contributed by atoms with Crippen LogP contribution in [0.5, 0.6) is 0 Å². The lowest BCUT2D eigenvalue weighted by Gasteiger charge is -2.27. The van der Waals surface area contributed by atoms with E-state index in [9.17, 15) is 14.0 Å². The molecule has 134 valence electrons. The van der Waals surface area contributed by atoms with Gasteiger partial charge in [0.2, 0.25) is 5.91 Å². The molecule has 2 aliphatic heterocycles. The highest BCUT2D eigenvalue weighted by atomic mass is 19.1. The van der Waals surface area contributed by atoms with Gasteiger partial charge in [-0.25, -0.2) is 4.39 Å². The van der Waals surface area contributed by atoms with Gasteiger partial charge >= 0.3 is 0 Å². The Labute approximate surface area is 147 Å². The molecule has 25 heavy (non-hydrogen) atoms. The fraction of sp³-hybridized carbons (Fsp3) is 0.632. The topological polar surface area (TPSA) is 53.5 Å². The fourth-order valence-electron chi connectivity index (χ4n) is 4.25. The molecule has 1 unspecified atom stereocenters. The predicted octanol–water partition coefficient (Wildman–Crippen LogP) is 2.48. The van der Waals surface area contributed by atoms with Gasteiger partial charge in [-0.3, -0.25) is 14.6 Å². The SMILES string of the molecule is O=C(c1cncc(F)c1)N1CCCC2(CC1)CCN(CC1CC1)C2=O. The van der Waals surface area contributed by atoms with E-state index in [1.165, 1.54) is 25.1 Å². The van der Waals surface area contributed by atoms with E-state index in [-0.39, 0.29) is 16.9 Å². The van der Waals surface area contributed by atoms with Crippen LogP contribution in [0.1, 0.15) is 48.9 Å². The molecule has 3 aliphatic rings. The van der Waals surface area contributed by atoms with Gasteiger partial charge in [0.1, 0.15) is 5.82 Å². The summed E-state index contributed by atoms with van der Waals surface area (Å²) in [6.07, 6.45) is 8.28. The largest absolute Gasteiger partial charge is 0.342 e. The van der Waals surface area contributed by atoms with E-state index in [0.717, 1.165) is 38.5 Å². The Kier molecular flexibility index (Phi) is 4.21. The maximum absolute atomic E-state index is 13.3. The van der Waals surface area contributed by atoms with Gasteiger partial charge in [-0.05, 0) is 50.5 Å². The van der Waals surface area contributed by atoms with Gasteiger partial charge in [-0.1, -0.05) is 0 Å². The average molecular weight is 345 g/mol. The monoisotopic (exact) mass is 345 g/mol. The van der Waals surface area contributed by atoms with Gasteiger partial charge in [0.05, 0.1) is 17.2 Å². The highest BCUT2D eigenvalue weighted by molar-refractivity contribution is 5.94. The van der Waals surface area contributed by atoms with Crippen molar-refractivity contribution in [2.24, 2.45) is 11.3 Å². The minimum atomic E-state index is -0.501. The molecule has 2 saturated heterocycles. The number of aromatic nitrogens is 1. The molecule has 0 N–H and O–H groups in total. The molecule has 0 bridgehead atoms. The molecule has 0 aromatic carbocycles. The van der Waals surface area contributed by atoms with E-state index in [1.54, 1.807) is 4.90 Å². The molecule has 2 amide bonds. The van der Waals surface area contributed by atoms with Crippen LogP contribution in [-0.2, 0) is 4.79 Å². The summed E-state index contributed by atoms with van der Waals surface area (Å²) in [6, 6.07) is 1.23. The van der Waals surface area contributed by atoms with Gasteiger partial charge in [-0.15, -0.1) is 0 Å². The van der Waals surface area contributed by atoms with Crippen LogP contribution < -0.4 is 0 Å². The first-order chi connectivity index (χ1) is 12.1. The lowest BCUT2D eigenvalue weighted by Crippen LogP contribution is -2.37. The average Bonchev–Trinajstić information content (AvgIpc) is 3.40. The maximum Gasteiger partial charge on any atom is 0.255 e.